The van der Waals surface area contributed by atoms with Crippen molar-refractivity contribution < 1.29 is 17.9 Å². The molecule has 5 rings (SSSR count). The monoisotopic (exact) mass is 476 g/mol. The van der Waals surface area contributed by atoms with Crippen LogP contribution in [0.3, 0.4) is 0 Å². The summed E-state index contributed by atoms with van der Waals surface area (Å²) in [6.45, 7) is 2.74. The van der Waals surface area contributed by atoms with Crippen LogP contribution in [-0.2, 0) is 23.1 Å². The van der Waals surface area contributed by atoms with Crippen LogP contribution in [0, 0.1) is 6.92 Å². The quantitative estimate of drug-likeness (QED) is 0.454. The van der Waals surface area contributed by atoms with Crippen LogP contribution in [-0.4, -0.2) is 30.9 Å². The highest BCUT2D eigenvalue weighted by Gasteiger charge is 2.28. The highest BCUT2D eigenvalue weighted by molar-refractivity contribution is 7.89. The molecule has 0 atom stereocenters. The molecule has 0 spiro atoms. The van der Waals surface area contributed by atoms with Crippen molar-refractivity contribution in [2.24, 2.45) is 0 Å². The second-order valence-corrected chi connectivity index (χ2v) is 10.2. The minimum absolute atomic E-state index is 0.0785. The normalized spacial score (nSPS) is 13.4. The van der Waals surface area contributed by atoms with Crippen LogP contribution in [0.5, 0.6) is 11.5 Å². The van der Waals surface area contributed by atoms with Gasteiger partial charge in [-0.05, 0) is 41.6 Å². The number of nitrogens with one attached hydrogen (secondary N) is 1. The third-order valence-corrected chi connectivity index (χ3v) is 7.65. The molecule has 0 saturated heterocycles. The summed E-state index contributed by atoms with van der Waals surface area (Å²) in [7, 11) is -3.96. The van der Waals surface area contributed by atoms with Crippen molar-refractivity contribution in [3.05, 3.63) is 99.8 Å². The maximum Gasteiger partial charge on any atom is 0.252 e. The first-order valence-corrected chi connectivity index (χ1v) is 12.4. The lowest BCUT2D eigenvalue weighted by molar-refractivity contribution is 0.171. The predicted octanol–water partition coefficient (Wildman–Crippen LogP) is 4.00. The Labute approximate surface area is 197 Å². The smallest absolute Gasteiger partial charge is 0.252 e. The largest absolute Gasteiger partial charge is 0.486 e. The number of para-hydroxylation sites is 1. The van der Waals surface area contributed by atoms with E-state index in [2.05, 4.69) is 4.98 Å². The molecular formula is C26H24N2O5S. The van der Waals surface area contributed by atoms with Crippen LogP contribution in [0.25, 0.3) is 10.9 Å². The van der Waals surface area contributed by atoms with Gasteiger partial charge >= 0.3 is 0 Å². The number of sulfonamides is 1. The van der Waals surface area contributed by atoms with Gasteiger partial charge in [0.05, 0.1) is 10.4 Å². The van der Waals surface area contributed by atoms with Gasteiger partial charge in [-0.1, -0.05) is 48.5 Å². The lowest BCUT2D eigenvalue weighted by atomic mass is 10.1. The van der Waals surface area contributed by atoms with Gasteiger partial charge in [0.2, 0.25) is 10.0 Å². The second kappa shape index (κ2) is 8.96. The Kier molecular flexibility index (Phi) is 5.85. The molecule has 4 aromatic rings. The number of hydrogen-bond donors (Lipinski definition) is 1. The first-order chi connectivity index (χ1) is 16.4. The second-order valence-electron chi connectivity index (χ2n) is 8.23. The van der Waals surface area contributed by atoms with E-state index >= 15 is 0 Å². The lowest BCUT2D eigenvalue weighted by Crippen LogP contribution is -2.32. The van der Waals surface area contributed by atoms with Gasteiger partial charge in [-0.15, -0.1) is 0 Å². The minimum atomic E-state index is -3.96. The maximum atomic E-state index is 13.8. The van der Waals surface area contributed by atoms with Gasteiger partial charge in [0.1, 0.15) is 13.2 Å². The fraction of sp³-hybridized carbons (Fsp3) is 0.192. The van der Waals surface area contributed by atoms with Crippen molar-refractivity contribution in [1.29, 1.82) is 0 Å². The van der Waals surface area contributed by atoms with Gasteiger partial charge in [0.25, 0.3) is 5.56 Å². The zero-order valence-corrected chi connectivity index (χ0v) is 19.5. The average molecular weight is 477 g/mol. The molecule has 7 nitrogen and oxygen atoms in total. The number of benzene rings is 3. The van der Waals surface area contributed by atoms with Crippen molar-refractivity contribution in [3.63, 3.8) is 0 Å². The Hall–Kier alpha value is -3.62. The summed E-state index contributed by atoms with van der Waals surface area (Å²) >= 11 is 0. The third kappa shape index (κ3) is 4.30. The van der Waals surface area contributed by atoms with Gasteiger partial charge in [0, 0.05) is 24.7 Å². The number of pyridine rings is 1. The number of ether oxygens (including phenoxy) is 2. The summed E-state index contributed by atoms with van der Waals surface area (Å²) in [5.74, 6) is 0.909. The maximum absolute atomic E-state index is 13.8. The fourth-order valence-corrected chi connectivity index (χ4v) is 5.50. The molecule has 0 amide bonds. The van der Waals surface area contributed by atoms with Crippen LogP contribution in [0.4, 0.5) is 0 Å². The number of aromatic nitrogens is 1. The molecule has 2 heterocycles. The van der Waals surface area contributed by atoms with Crippen molar-refractivity contribution in [2.45, 2.75) is 24.9 Å². The topological polar surface area (TPSA) is 88.7 Å². The first-order valence-electron chi connectivity index (χ1n) is 11.0. The Bertz CT molecular complexity index is 1510. The molecule has 3 aromatic carbocycles. The number of hydrogen-bond acceptors (Lipinski definition) is 5. The molecule has 0 radical (unpaired) electrons. The van der Waals surface area contributed by atoms with Crippen LogP contribution in [0.2, 0.25) is 0 Å². The van der Waals surface area contributed by atoms with Crippen LogP contribution in [0.1, 0.15) is 16.7 Å². The van der Waals surface area contributed by atoms with Crippen LogP contribution in [0.15, 0.2) is 82.5 Å². The lowest BCUT2D eigenvalue weighted by Gasteiger charge is -2.24. The Morgan fingerprint density at radius 1 is 0.882 bits per heavy atom. The molecule has 0 fully saturated rings. The van der Waals surface area contributed by atoms with E-state index in [0.29, 0.717) is 30.3 Å². The molecule has 8 heteroatoms. The van der Waals surface area contributed by atoms with E-state index in [0.717, 1.165) is 22.0 Å². The van der Waals surface area contributed by atoms with E-state index in [-0.39, 0.29) is 23.5 Å². The molecule has 1 N–H and O–H groups in total. The summed E-state index contributed by atoms with van der Waals surface area (Å²) in [5.41, 5.74) is 2.58. The third-order valence-electron chi connectivity index (χ3n) is 5.86. The van der Waals surface area contributed by atoms with E-state index in [9.17, 15) is 13.2 Å². The summed E-state index contributed by atoms with van der Waals surface area (Å²) in [4.78, 5) is 15.9. The molecule has 174 valence electrons. The Morgan fingerprint density at radius 3 is 2.44 bits per heavy atom. The van der Waals surface area contributed by atoms with Crippen molar-refractivity contribution in [1.82, 2.24) is 9.29 Å². The van der Waals surface area contributed by atoms with Crippen molar-refractivity contribution >= 4 is 20.9 Å². The number of nitrogens with zero attached hydrogens (tertiary/aromatic N) is 1. The number of aryl methyl sites for hydroxylation is 1. The SMILES string of the molecule is Cc1cccc2cc(CN(Cc3ccccc3)S(=O)(=O)c3ccc4c(c3)OCCO4)c(=O)[nH]c12. The van der Waals surface area contributed by atoms with E-state index in [1.165, 1.54) is 16.4 Å². The molecule has 0 saturated carbocycles. The zero-order valence-electron chi connectivity index (χ0n) is 18.7. The van der Waals surface area contributed by atoms with Crippen LogP contribution < -0.4 is 15.0 Å². The zero-order chi connectivity index (χ0) is 23.7. The highest BCUT2D eigenvalue weighted by atomic mass is 32.2. The molecule has 0 unspecified atom stereocenters. The van der Waals surface area contributed by atoms with Gasteiger partial charge in [-0.2, -0.15) is 4.31 Å². The summed E-state index contributed by atoms with van der Waals surface area (Å²) < 4.78 is 40.0. The number of aromatic amines is 1. The Balaban J connectivity index is 1.57. The molecule has 34 heavy (non-hydrogen) atoms. The summed E-state index contributed by atoms with van der Waals surface area (Å²) in [6, 6.07) is 21.4. The standard InChI is InChI=1S/C26H24N2O5S/c1-18-6-5-9-20-14-21(26(29)27-25(18)20)17-28(16-19-7-3-2-4-8-19)34(30,31)22-10-11-23-24(15-22)33-13-12-32-23/h2-11,14-15H,12-13,16-17H2,1H3,(H,27,29). The van der Waals surface area contributed by atoms with Crippen molar-refractivity contribution in [3.8, 4) is 11.5 Å². The van der Waals surface area contributed by atoms with Crippen molar-refractivity contribution in [2.75, 3.05) is 13.2 Å². The Morgan fingerprint density at radius 2 is 1.65 bits per heavy atom. The van der Waals surface area contributed by atoms with Gasteiger partial charge in [0.15, 0.2) is 11.5 Å². The van der Waals surface area contributed by atoms with Gasteiger partial charge in [-0.25, -0.2) is 8.42 Å². The molecular weight excluding hydrogens is 452 g/mol. The van der Waals surface area contributed by atoms with Gasteiger partial charge < -0.3 is 14.5 Å². The number of H-pyrrole nitrogens is 1. The molecule has 0 aliphatic carbocycles. The molecule has 1 aromatic heterocycles. The minimum Gasteiger partial charge on any atom is -0.486 e. The number of rotatable bonds is 6. The van der Waals surface area contributed by atoms with E-state index in [1.54, 1.807) is 12.1 Å². The van der Waals surface area contributed by atoms with E-state index in [1.807, 2.05) is 55.5 Å². The molecule has 1 aliphatic heterocycles. The predicted molar refractivity (Wildman–Crippen MR) is 130 cm³/mol. The van der Waals surface area contributed by atoms with Crippen LogP contribution >= 0.6 is 0 Å². The van der Waals surface area contributed by atoms with Gasteiger partial charge in [-0.3, -0.25) is 4.79 Å². The summed E-state index contributed by atoms with van der Waals surface area (Å²) in [6.07, 6.45) is 0. The van der Waals surface area contributed by atoms with E-state index in [4.69, 9.17) is 9.47 Å². The summed E-state index contributed by atoms with van der Waals surface area (Å²) in [5, 5.41) is 0.853. The molecule has 1 aliphatic rings. The number of fused-ring (bicyclic) bond motifs is 2. The first kappa shape index (κ1) is 22.2. The fourth-order valence-electron chi connectivity index (χ4n) is 4.08. The molecule has 0 bridgehead atoms. The average Bonchev–Trinajstić information content (AvgIpc) is 2.85. The highest BCUT2D eigenvalue weighted by Crippen LogP contribution is 2.33. The van der Waals surface area contributed by atoms with E-state index < -0.39 is 10.0 Å².